The van der Waals surface area contributed by atoms with Crippen LogP contribution >= 0.6 is 34.7 Å². The molecule has 0 unspecified atom stereocenters. The average molecular weight is 615 g/mol. The first kappa shape index (κ1) is 28.2. The van der Waals surface area contributed by atoms with Crippen LogP contribution in [0.3, 0.4) is 0 Å². The fraction of sp³-hybridized carbons (Fsp3) is 0.188. The van der Waals surface area contributed by atoms with E-state index in [2.05, 4.69) is 10.5 Å². The molecular weight excluding hydrogens is 588 g/mol. The highest BCUT2D eigenvalue weighted by molar-refractivity contribution is 7.99. The van der Waals surface area contributed by atoms with Crippen molar-refractivity contribution in [2.24, 2.45) is 5.10 Å². The second kappa shape index (κ2) is 12.9. The number of hydrazone groups is 1. The number of rotatable bonds is 9. The van der Waals surface area contributed by atoms with Gasteiger partial charge in [-0.05, 0) is 90.9 Å². The summed E-state index contributed by atoms with van der Waals surface area (Å²) in [6.07, 6.45) is 5.64. The molecule has 6 rings (SSSR count). The third kappa shape index (κ3) is 6.43. The number of halogens is 1. The lowest BCUT2D eigenvalue weighted by Crippen LogP contribution is -2.24. The Bertz CT molecular complexity index is 1800. The minimum absolute atomic E-state index is 0.0419. The van der Waals surface area contributed by atoms with Crippen molar-refractivity contribution in [1.29, 1.82) is 0 Å². The number of thioether (sulfide) groups is 1. The molecular formula is C32H27ClN4O3S2. The highest BCUT2D eigenvalue weighted by Gasteiger charge is 2.23. The summed E-state index contributed by atoms with van der Waals surface area (Å²) in [4.78, 5) is 33.4. The van der Waals surface area contributed by atoms with Gasteiger partial charge in [-0.25, -0.2) is 10.4 Å². The SMILES string of the molecule is O=C(CSc1nc2sc3c(c2c(=O)n1-c1ccc(Cl)cc1)CCCC3)N/N=C/c1ccc(OCc2ccccc2)cc1. The summed E-state index contributed by atoms with van der Waals surface area (Å²) >= 11 is 8.91. The van der Waals surface area contributed by atoms with Gasteiger partial charge in [0.05, 0.1) is 23.0 Å². The van der Waals surface area contributed by atoms with E-state index in [1.54, 1.807) is 46.4 Å². The van der Waals surface area contributed by atoms with E-state index in [9.17, 15) is 9.59 Å². The Morgan fingerprint density at radius 2 is 1.81 bits per heavy atom. The molecule has 0 fully saturated rings. The molecule has 1 amide bonds. The summed E-state index contributed by atoms with van der Waals surface area (Å²) in [5.74, 6) is 0.487. The van der Waals surface area contributed by atoms with Gasteiger partial charge in [-0.2, -0.15) is 5.10 Å². The van der Waals surface area contributed by atoms with E-state index in [1.165, 1.54) is 16.6 Å². The van der Waals surface area contributed by atoms with Crippen LogP contribution in [-0.2, 0) is 24.2 Å². The number of thiophene rings is 1. The van der Waals surface area contributed by atoms with Crippen LogP contribution in [0.5, 0.6) is 5.75 Å². The summed E-state index contributed by atoms with van der Waals surface area (Å²) < 4.78 is 7.40. The molecule has 212 valence electrons. The first-order valence-corrected chi connectivity index (χ1v) is 15.8. The van der Waals surface area contributed by atoms with Crippen LogP contribution in [0.1, 0.15) is 34.4 Å². The first-order chi connectivity index (χ1) is 20.5. The van der Waals surface area contributed by atoms with E-state index >= 15 is 0 Å². The molecule has 7 nitrogen and oxygen atoms in total. The monoisotopic (exact) mass is 614 g/mol. The van der Waals surface area contributed by atoms with Crippen molar-refractivity contribution >= 4 is 57.0 Å². The molecule has 1 aliphatic rings. The van der Waals surface area contributed by atoms with Crippen LogP contribution in [0, 0.1) is 0 Å². The van der Waals surface area contributed by atoms with E-state index in [0.717, 1.165) is 53.0 Å². The second-order valence-electron chi connectivity index (χ2n) is 9.83. The normalized spacial score (nSPS) is 12.9. The quantitative estimate of drug-likeness (QED) is 0.0854. The maximum absolute atomic E-state index is 13.8. The topological polar surface area (TPSA) is 85.6 Å². The van der Waals surface area contributed by atoms with Gasteiger partial charge in [0.25, 0.3) is 11.5 Å². The van der Waals surface area contributed by atoms with Crippen molar-refractivity contribution in [3.63, 3.8) is 0 Å². The molecule has 2 aromatic heterocycles. The van der Waals surface area contributed by atoms with Gasteiger partial charge in [0, 0.05) is 9.90 Å². The Balaban J connectivity index is 1.13. The number of benzene rings is 3. The number of fused-ring (bicyclic) bond motifs is 3. The lowest BCUT2D eigenvalue weighted by molar-refractivity contribution is -0.118. The molecule has 0 atom stereocenters. The predicted molar refractivity (Wildman–Crippen MR) is 171 cm³/mol. The number of nitrogens with zero attached hydrogens (tertiary/aromatic N) is 3. The maximum atomic E-state index is 13.8. The number of hydrogen-bond donors (Lipinski definition) is 1. The summed E-state index contributed by atoms with van der Waals surface area (Å²) in [7, 11) is 0. The zero-order valence-electron chi connectivity index (χ0n) is 22.6. The van der Waals surface area contributed by atoms with E-state index in [4.69, 9.17) is 21.3 Å². The summed E-state index contributed by atoms with van der Waals surface area (Å²) in [6.45, 7) is 0.491. The Morgan fingerprint density at radius 3 is 2.60 bits per heavy atom. The molecule has 0 radical (unpaired) electrons. The molecule has 0 bridgehead atoms. The van der Waals surface area contributed by atoms with E-state index in [-0.39, 0.29) is 17.2 Å². The molecule has 0 saturated heterocycles. The van der Waals surface area contributed by atoms with Gasteiger partial charge in [0.15, 0.2) is 5.16 Å². The van der Waals surface area contributed by atoms with Gasteiger partial charge in [0.2, 0.25) is 0 Å². The Hall–Kier alpha value is -3.92. The molecule has 2 heterocycles. The molecule has 10 heteroatoms. The lowest BCUT2D eigenvalue weighted by atomic mass is 9.97. The number of aromatic nitrogens is 2. The fourth-order valence-corrected chi connectivity index (χ4v) is 7.07. The Labute approximate surface area is 256 Å². The number of carbonyl (C=O) groups excluding carboxylic acids is 1. The molecule has 1 aliphatic carbocycles. The molecule has 5 aromatic rings. The van der Waals surface area contributed by atoms with Gasteiger partial charge in [0.1, 0.15) is 17.2 Å². The van der Waals surface area contributed by atoms with Gasteiger partial charge < -0.3 is 4.74 Å². The van der Waals surface area contributed by atoms with Gasteiger partial charge in [-0.3, -0.25) is 14.2 Å². The van der Waals surface area contributed by atoms with Crippen LogP contribution < -0.4 is 15.7 Å². The standard InChI is InChI=1S/C32H27ClN4O3S2/c33-23-12-14-24(15-13-23)37-31(39)29-26-8-4-5-9-27(26)42-30(29)35-32(37)41-20-28(38)36-34-18-21-10-16-25(17-11-21)40-19-22-6-2-1-3-7-22/h1-3,6-7,10-18H,4-5,8-9,19-20H2,(H,36,38)/b34-18+. The molecule has 42 heavy (non-hydrogen) atoms. The van der Waals surface area contributed by atoms with Crippen molar-refractivity contribution in [2.45, 2.75) is 37.4 Å². The third-order valence-electron chi connectivity index (χ3n) is 6.91. The molecule has 0 spiro atoms. The van der Waals surface area contributed by atoms with Crippen LogP contribution in [0.25, 0.3) is 15.9 Å². The van der Waals surface area contributed by atoms with Crippen LogP contribution in [0.4, 0.5) is 0 Å². The Kier molecular flexibility index (Phi) is 8.69. The van der Waals surface area contributed by atoms with Gasteiger partial charge >= 0.3 is 0 Å². The smallest absolute Gasteiger partial charge is 0.267 e. The lowest BCUT2D eigenvalue weighted by Gasteiger charge is -2.13. The van der Waals surface area contributed by atoms with Crippen LogP contribution in [0.2, 0.25) is 5.02 Å². The summed E-state index contributed by atoms with van der Waals surface area (Å²) in [6, 6.07) is 24.5. The molecule has 3 aromatic carbocycles. The first-order valence-electron chi connectivity index (χ1n) is 13.6. The molecule has 0 saturated carbocycles. The van der Waals surface area contributed by atoms with Crippen molar-refractivity contribution in [1.82, 2.24) is 15.0 Å². The number of nitrogens with one attached hydrogen (secondary N) is 1. The second-order valence-corrected chi connectivity index (χ2v) is 12.3. The van der Waals surface area contributed by atoms with Gasteiger partial charge in [-0.1, -0.05) is 53.7 Å². The number of ether oxygens (including phenoxy) is 1. The van der Waals surface area contributed by atoms with Crippen molar-refractivity contribution in [2.75, 3.05) is 5.75 Å². The number of carbonyl (C=O) groups is 1. The minimum Gasteiger partial charge on any atom is -0.489 e. The van der Waals surface area contributed by atoms with Crippen molar-refractivity contribution < 1.29 is 9.53 Å². The highest BCUT2D eigenvalue weighted by Crippen LogP contribution is 2.35. The number of aryl methyl sites for hydroxylation is 2. The number of hydrogen-bond acceptors (Lipinski definition) is 7. The third-order valence-corrected chi connectivity index (χ3v) is 9.28. The van der Waals surface area contributed by atoms with Gasteiger partial charge in [-0.15, -0.1) is 11.3 Å². The highest BCUT2D eigenvalue weighted by atomic mass is 35.5. The zero-order valence-corrected chi connectivity index (χ0v) is 25.0. The predicted octanol–water partition coefficient (Wildman–Crippen LogP) is 6.80. The fourth-order valence-electron chi connectivity index (χ4n) is 4.83. The summed E-state index contributed by atoms with van der Waals surface area (Å²) in [5.41, 5.74) is 6.16. The largest absolute Gasteiger partial charge is 0.489 e. The Morgan fingerprint density at radius 1 is 1.05 bits per heavy atom. The molecule has 1 N–H and O–H groups in total. The van der Waals surface area contributed by atoms with E-state index < -0.39 is 0 Å². The zero-order chi connectivity index (χ0) is 28.9. The van der Waals surface area contributed by atoms with Crippen LogP contribution in [0.15, 0.2) is 93.9 Å². The van der Waals surface area contributed by atoms with Crippen molar-refractivity contribution in [3.05, 3.63) is 116 Å². The number of amides is 1. The van der Waals surface area contributed by atoms with Crippen LogP contribution in [-0.4, -0.2) is 27.4 Å². The van der Waals surface area contributed by atoms with E-state index in [0.29, 0.717) is 27.9 Å². The van der Waals surface area contributed by atoms with Crippen molar-refractivity contribution in [3.8, 4) is 11.4 Å². The molecule has 0 aliphatic heterocycles. The summed E-state index contributed by atoms with van der Waals surface area (Å²) in [5, 5.41) is 5.83. The van der Waals surface area contributed by atoms with E-state index in [1.807, 2.05) is 54.6 Å². The minimum atomic E-state index is -0.304. The maximum Gasteiger partial charge on any atom is 0.267 e. The average Bonchev–Trinajstić information content (AvgIpc) is 3.40.